The van der Waals surface area contributed by atoms with E-state index < -0.39 is 5.82 Å². The smallest absolute Gasteiger partial charge is 0.143 e. The molecule has 0 saturated carbocycles. The summed E-state index contributed by atoms with van der Waals surface area (Å²) < 4.78 is 13.5. The summed E-state index contributed by atoms with van der Waals surface area (Å²) in [7, 11) is 0. The molecule has 2 rings (SSSR count). The number of rotatable bonds is 3. The minimum Gasteiger partial charge on any atom is -0.508 e. The van der Waals surface area contributed by atoms with Crippen LogP contribution in [0.3, 0.4) is 0 Å². The standard InChI is InChI=1S/C16H15FN2O/c1-10-6-7-12(16(20)8-10)11(2)19-15-5-3-4-14(17)13(15)9-18/h3-8,11,19-20H,1-2H3. The van der Waals surface area contributed by atoms with Crippen molar-refractivity contribution in [2.75, 3.05) is 5.32 Å². The highest BCUT2D eigenvalue weighted by molar-refractivity contribution is 5.59. The monoisotopic (exact) mass is 270 g/mol. The average Bonchev–Trinajstić information content (AvgIpc) is 2.38. The molecule has 0 bridgehead atoms. The SMILES string of the molecule is Cc1ccc(C(C)Nc2cccc(F)c2C#N)c(O)c1. The predicted molar refractivity (Wildman–Crippen MR) is 76.0 cm³/mol. The van der Waals surface area contributed by atoms with Gasteiger partial charge in [-0.05, 0) is 37.6 Å². The van der Waals surface area contributed by atoms with E-state index in [0.29, 0.717) is 11.3 Å². The Labute approximate surface area is 117 Å². The van der Waals surface area contributed by atoms with Gasteiger partial charge in [0.15, 0.2) is 0 Å². The molecule has 20 heavy (non-hydrogen) atoms. The van der Waals surface area contributed by atoms with Crippen LogP contribution < -0.4 is 5.32 Å². The Bertz CT molecular complexity index is 677. The molecule has 0 radical (unpaired) electrons. The van der Waals surface area contributed by atoms with Crippen molar-refractivity contribution in [1.82, 2.24) is 0 Å². The van der Waals surface area contributed by atoms with Crippen molar-refractivity contribution in [3.63, 3.8) is 0 Å². The van der Waals surface area contributed by atoms with Gasteiger partial charge < -0.3 is 10.4 Å². The van der Waals surface area contributed by atoms with Crippen LogP contribution in [0.15, 0.2) is 36.4 Å². The summed E-state index contributed by atoms with van der Waals surface area (Å²) in [5, 5.41) is 22.0. The number of anilines is 1. The number of nitrogens with one attached hydrogen (secondary N) is 1. The molecule has 0 aliphatic rings. The molecule has 0 heterocycles. The first-order chi connectivity index (χ1) is 9.52. The van der Waals surface area contributed by atoms with Gasteiger partial charge in [0.25, 0.3) is 0 Å². The van der Waals surface area contributed by atoms with Gasteiger partial charge in [-0.15, -0.1) is 0 Å². The van der Waals surface area contributed by atoms with Crippen molar-refractivity contribution >= 4 is 5.69 Å². The first-order valence-corrected chi connectivity index (χ1v) is 6.27. The van der Waals surface area contributed by atoms with Crippen LogP contribution in [0.2, 0.25) is 0 Å². The second-order valence-electron chi connectivity index (χ2n) is 4.70. The van der Waals surface area contributed by atoms with Gasteiger partial charge >= 0.3 is 0 Å². The molecule has 1 unspecified atom stereocenters. The summed E-state index contributed by atoms with van der Waals surface area (Å²) >= 11 is 0. The lowest BCUT2D eigenvalue weighted by atomic mass is 10.0. The van der Waals surface area contributed by atoms with E-state index >= 15 is 0 Å². The van der Waals surface area contributed by atoms with Crippen LogP contribution in [0.4, 0.5) is 10.1 Å². The normalized spacial score (nSPS) is 11.7. The molecule has 3 nitrogen and oxygen atoms in total. The maximum absolute atomic E-state index is 13.5. The van der Waals surface area contributed by atoms with Gasteiger partial charge in [-0.3, -0.25) is 0 Å². The minimum atomic E-state index is -0.558. The van der Waals surface area contributed by atoms with E-state index in [0.717, 1.165) is 5.56 Å². The third-order valence-electron chi connectivity index (χ3n) is 3.15. The Kier molecular flexibility index (Phi) is 3.90. The van der Waals surface area contributed by atoms with E-state index in [1.54, 1.807) is 18.2 Å². The van der Waals surface area contributed by atoms with E-state index in [2.05, 4.69) is 5.32 Å². The Balaban J connectivity index is 2.31. The summed E-state index contributed by atoms with van der Waals surface area (Å²) in [5.74, 6) is -0.377. The molecular weight excluding hydrogens is 255 g/mol. The number of hydrogen-bond donors (Lipinski definition) is 2. The van der Waals surface area contributed by atoms with Crippen molar-refractivity contribution in [2.24, 2.45) is 0 Å². The van der Waals surface area contributed by atoms with Crippen LogP contribution in [-0.2, 0) is 0 Å². The van der Waals surface area contributed by atoms with Gasteiger partial charge in [-0.1, -0.05) is 18.2 Å². The number of aromatic hydroxyl groups is 1. The fourth-order valence-corrected chi connectivity index (χ4v) is 2.09. The highest BCUT2D eigenvalue weighted by atomic mass is 19.1. The van der Waals surface area contributed by atoms with Crippen LogP contribution >= 0.6 is 0 Å². The average molecular weight is 270 g/mol. The van der Waals surface area contributed by atoms with Crippen molar-refractivity contribution in [1.29, 1.82) is 5.26 Å². The number of phenolic OH excluding ortho intramolecular Hbond substituents is 1. The predicted octanol–water partition coefficient (Wildman–Crippen LogP) is 3.88. The quantitative estimate of drug-likeness (QED) is 0.889. The Morgan fingerprint density at radius 2 is 2.05 bits per heavy atom. The Morgan fingerprint density at radius 1 is 1.30 bits per heavy atom. The molecule has 4 heteroatoms. The molecule has 0 saturated heterocycles. The number of hydrogen-bond acceptors (Lipinski definition) is 3. The molecular formula is C16H15FN2O. The highest BCUT2D eigenvalue weighted by Gasteiger charge is 2.14. The van der Waals surface area contributed by atoms with E-state index in [-0.39, 0.29) is 17.4 Å². The lowest BCUT2D eigenvalue weighted by Crippen LogP contribution is -2.08. The third-order valence-corrected chi connectivity index (χ3v) is 3.15. The fourth-order valence-electron chi connectivity index (χ4n) is 2.09. The van der Waals surface area contributed by atoms with Crippen molar-refractivity contribution in [2.45, 2.75) is 19.9 Å². The van der Waals surface area contributed by atoms with Crippen molar-refractivity contribution in [3.8, 4) is 11.8 Å². The molecule has 0 aromatic heterocycles. The van der Waals surface area contributed by atoms with Crippen LogP contribution in [0, 0.1) is 24.1 Å². The second-order valence-corrected chi connectivity index (χ2v) is 4.70. The molecule has 2 N–H and O–H groups in total. The van der Waals surface area contributed by atoms with E-state index in [4.69, 9.17) is 5.26 Å². The summed E-state index contributed by atoms with van der Waals surface area (Å²) in [6.45, 7) is 3.73. The van der Waals surface area contributed by atoms with Crippen LogP contribution in [0.1, 0.15) is 29.7 Å². The first kappa shape index (κ1) is 13.9. The van der Waals surface area contributed by atoms with Gasteiger partial charge in [0, 0.05) is 5.56 Å². The Morgan fingerprint density at radius 3 is 2.70 bits per heavy atom. The number of halogens is 1. The van der Waals surface area contributed by atoms with Gasteiger partial charge in [-0.25, -0.2) is 4.39 Å². The second kappa shape index (κ2) is 5.62. The number of aryl methyl sites for hydroxylation is 1. The highest BCUT2D eigenvalue weighted by Crippen LogP contribution is 2.29. The topological polar surface area (TPSA) is 56.0 Å². The largest absolute Gasteiger partial charge is 0.508 e. The molecule has 102 valence electrons. The van der Waals surface area contributed by atoms with E-state index in [9.17, 15) is 9.50 Å². The summed E-state index contributed by atoms with van der Waals surface area (Å²) in [6.07, 6.45) is 0. The van der Waals surface area contributed by atoms with Gasteiger partial charge in [0.05, 0.1) is 11.7 Å². The molecule has 0 aliphatic heterocycles. The minimum absolute atomic E-state index is 0.0223. The Hall–Kier alpha value is -2.54. The van der Waals surface area contributed by atoms with Crippen LogP contribution in [0.5, 0.6) is 5.75 Å². The maximum atomic E-state index is 13.5. The number of nitrogens with zero attached hydrogens (tertiary/aromatic N) is 1. The summed E-state index contributed by atoms with van der Waals surface area (Å²) in [6, 6.07) is 11.4. The molecule has 0 spiro atoms. The zero-order valence-corrected chi connectivity index (χ0v) is 11.3. The summed E-state index contributed by atoms with van der Waals surface area (Å²) in [5.41, 5.74) is 2.05. The number of benzene rings is 2. The molecule has 2 aromatic rings. The maximum Gasteiger partial charge on any atom is 0.143 e. The number of phenols is 1. The zero-order valence-electron chi connectivity index (χ0n) is 11.3. The van der Waals surface area contributed by atoms with E-state index in [1.165, 1.54) is 6.07 Å². The van der Waals surface area contributed by atoms with Gasteiger partial charge in [0.2, 0.25) is 0 Å². The lowest BCUT2D eigenvalue weighted by Gasteiger charge is -2.18. The molecule has 1 atom stereocenters. The van der Waals surface area contributed by atoms with Gasteiger partial charge in [0.1, 0.15) is 23.2 Å². The third kappa shape index (κ3) is 2.72. The zero-order chi connectivity index (χ0) is 14.7. The summed E-state index contributed by atoms with van der Waals surface area (Å²) in [4.78, 5) is 0. The molecule has 0 fully saturated rings. The van der Waals surface area contributed by atoms with Crippen LogP contribution in [-0.4, -0.2) is 5.11 Å². The fraction of sp³-hybridized carbons (Fsp3) is 0.188. The van der Waals surface area contributed by atoms with Crippen LogP contribution in [0.25, 0.3) is 0 Å². The lowest BCUT2D eigenvalue weighted by molar-refractivity contribution is 0.465. The number of nitriles is 1. The molecule has 0 amide bonds. The van der Waals surface area contributed by atoms with Crippen molar-refractivity contribution in [3.05, 3.63) is 58.9 Å². The first-order valence-electron chi connectivity index (χ1n) is 6.27. The van der Waals surface area contributed by atoms with Gasteiger partial charge in [-0.2, -0.15) is 5.26 Å². The van der Waals surface area contributed by atoms with E-state index in [1.807, 2.05) is 32.0 Å². The van der Waals surface area contributed by atoms with Crippen molar-refractivity contribution < 1.29 is 9.50 Å². The molecule has 2 aromatic carbocycles. The molecule has 0 aliphatic carbocycles.